The van der Waals surface area contributed by atoms with E-state index in [1.807, 2.05) is 63.3 Å². The molecule has 0 fully saturated rings. The number of hydrogen-bond acceptors (Lipinski definition) is 4. The zero-order valence-electron chi connectivity index (χ0n) is 21.6. The molecule has 6 nitrogen and oxygen atoms in total. The van der Waals surface area contributed by atoms with Crippen LogP contribution in [0.5, 0.6) is 0 Å². The lowest BCUT2D eigenvalue weighted by Crippen LogP contribution is -2.52. The van der Waals surface area contributed by atoms with Gasteiger partial charge in [-0.2, -0.15) is 0 Å². The summed E-state index contributed by atoms with van der Waals surface area (Å²) in [5.41, 5.74) is 0.478. The van der Waals surface area contributed by atoms with E-state index in [0.29, 0.717) is 19.3 Å². The number of allylic oxidation sites excluding steroid dienone is 1. The second-order valence-corrected chi connectivity index (χ2v) is 15.8. The molecular formula is C26H43NO5Si. The molecule has 0 aliphatic carbocycles. The van der Waals surface area contributed by atoms with Crippen molar-refractivity contribution < 1.29 is 23.9 Å². The molecule has 186 valence electrons. The van der Waals surface area contributed by atoms with Crippen molar-refractivity contribution in [1.29, 1.82) is 0 Å². The lowest BCUT2D eigenvalue weighted by Gasteiger charge is -2.41. The van der Waals surface area contributed by atoms with E-state index in [2.05, 4.69) is 39.2 Å². The molecule has 0 spiro atoms. The number of hydrogen-bond donors (Lipinski definition) is 2. The highest BCUT2D eigenvalue weighted by Crippen LogP contribution is 2.38. The van der Waals surface area contributed by atoms with Crippen LogP contribution in [0.3, 0.4) is 0 Å². The number of carboxylic acid groups (broad SMARTS) is 1. The number of carbonyl (C=O) groups excluding carboxylic acids is 1. The average molecular weight is 478 g/mol. The average Bonchev–Trinajstić information content (AvgIpc) is 2.64. The lowest BCUT2D eigenvalue weighted by atomic mass is 10.0. The molecule has 1 amide bonds. The third-order valence-electron chi connectivity index (χ3n) is 5.72. The minimum Gasteiger partial charge on any atom is -0.481 e. The van der Waals surface area contributed by atoms with Crippen LogP contribution in [0.15, 0.2) is 42.5 Å². The van der Waals surface area contributed by atoms with E-state index in [4.69, 9.17) is 14.3 Å². The van der Waals surface area contributed by atoms with Gasteiger partial charge in [0.05, 0.1) is 12.1 Å². The summed E-state index contributed by atoms with van der Waals surface area (Å²) < 4.78 is 12.3. The first kappa shape index (κ1) is 28.9. The van der Waals surface area contributed by atoms with Crippen LogP contribution >= 0.6 is 0 Å². The van der Waals surface area contributed by atoms with Gasteiger partial charge in [0.25, 0.3) is 0 Å². The molecule has 0 saturated carbocycles. The largest absolute Gasteiger partial charge is 0.481 e. The first-order valence-electron chi connectivity index (χ1n) is 11.7. The molecule has 0 aromatic heterocycles. The van der Waals surface area contributed by atoms with Crippen LogP contribution in [-0.2, 0) is 20.4 Å². The number of alkyl carbamates (subject to hydrolysis) is 1. The monoisotopic (exact) mass is 477 g/mol. The second-order valence-electron chi connectivity index (χ2n) is 11.0. The Balaban J connectivity index is 3.21. The minimum absolute atomic E-state index is 0.00832. The lowest BCUT2D eigenvalue weighted by molar-refractivity contribution is -0.137. The Hall–Kier alpha value is -2.12. The molecule has 0 aliphatic heterocycles. The van der Waals surface area contributed by atoms with E-state index in [-0.39, 0.29) is 23.6 Å². The van der Waals surface area contributed by atoms with E-state index in [1.165, 1.54) is 0 Å². The Bertz CT molecular complexity index is 778. The summed E-state index contributed by atoms with van der Waals surface area (Å²) in [5, 5.41) is 11.9. The summed E-state index contributed by atoms with van der Waals surface area (Å²) in [6.07, 6.45) is 4.99. The summed E-state index contributed by atoms with van der Waals surface area (Å²) in [7, 11) is -2.17. The molecule has 0 unspecified atom stereocenters. The Morgan fingerprint density at radius 3 is 2.21 bits per heavy atom. The van der Waals surface area contributed by atoms with Gasteiger partial charge < -0.3 is 19.6 Å². The van der Waals surface area contributed by atoms with Gasteiger partial charge in [0.15, 0.2) is 8.32 Å². The highest BCUT2D eigenvalue weighted by atomic mass is 28.4. The van der Waals surface area contributed by atoms with Crippen molar-refractivity contribution in [3.8, 4) is 0 Å². The fourth-order valence-electron chi connectivity index (χ4n) is 2.95. The SMILES string of the molecule is CC(C)(C)OC(=O)N[C@@H](Cc1ccccc1)[C@@H](/C=C/CCCC(=O)O)O[Si](C)(C)C(C)(C)C. The molecule has 2 N–H and O–H groups in total. The van der Waals surface area contributed by atoms with Gasteiger partial charge in [0, 0.05) is 6.42 Å². The standard InChI is InChI=1S/C26H43NO5Si/c1-25(2,3)31-24(30)27-21(19-20-15-11-9-12-16-20)22(17-13-10-14-18-23(28)29)32-33(7,8)26(4,5)6/h9,11-13,15-17,21-22H,10,14,18-19H2,1-8H3,(H,27,30)(H,28,29)/b17-13+/t21-,22+/m0/s1. The normalized spacial score (nSPS) is 14.7. The van der Waals surface area contributed by atoms with Crippen molar-refractivity contribution in [2.24, 2.45) is 0 Å². The Morgan fingerprint density at radius 1 is 1.09 bits per heavy atom. The number of aliphatic carboxylic acids is 1. The van der Waals surface area contributed by atoms with Crippen LogP contribution in [0, 0.1) is 0 Å². The van der Waals surface area contributed by atoms with Crippen molar-refractivity contribution in [3.05, 3.63) is 48.0 Å². The number of unbranched alkanes of at least 4 members (excludes halogenated alkanes) is 1. The molecule has 0 radical (unpaired) electrons. The zero-order valence-corrected chi connectivity index (χ0v) is 22.6. The molecule has 1 aromatic rings. The van der Waals surface area contributed by atoms with E-state index in [9.17, 15) is 9.59 Å². The van der Waals surface area contributed by atoms with E-state index < -0.39 is 26.0 Å². The van der Waals surface area contributed by atoms with Crippen LogP contribution < -0.4 is 5.32 Å². The molecule has 0 saturated heterocycles. The van der Waals surface area contributed by atoms with E-state index >= 15 is 0 Å². The molecule has 0 aliphatic rings. The number of carbonyl (C=O) groups is 2. The van der Waals surface area contributed by atoms with Crippen LogP contribution in [0.4, 0.5) is 4.79 Å². The fourth-order valence-corrected chi connectivity index (χ4v) is 4.23. The number of rotatable bonds is 11. The first-order valence-corrected chi connectivity index (χ1v) is 14.6. The molecule has 1 rings (SSSR count). The highest BCUT2D eigenvalue weighted by Gasteiger charge is 2.40. The molecule has 0 heterocycles. The Morgan fingerprint density at radius 2 is 1.70 bits per heavy atom. The van der Waals surface area contributed by atoms with Gasteiger partial charge in [-0.25, -0.2) is 4.79 Å². The highest BCUT2D eigenvalue weighted by molar-refractivity contribution is 6.74. The summed E-state index contributed by atoms with van der Waals surface area (Å²) in [4.78, 5) is 23.5. The van der Waals surface area contributed by atoms with Crippen molar-refractivity contribution in [1.82, 2.24) is 5.32 Å². The molecule has 0 bridgehead atoms. The molecule has 1 aromatic carbocycles. The summed E-state index contributed by atoms with van der Waals surface area (Å²) in [6, 6.07) is 9.64. The van der Waals surface area contributed by atoms with Gasteiger partial charge in [-0.05, 0) is 63.7 Å². The van der Waals surface area contributed by atoms with Crippen LogP contribution in [0.2, 0.25) is 18.1 Å². The van der Waals surface area contributed by atoms with Crippen molar-refractivity contribution in [2.45, 2.75) is 103 Å². The van der Waals surface area contributed by atoms with Gasteiger partial charge in [0.2, 0.25) is 0 Å². The topological polar surface area (TPSA) is 84.9 Å². The van der Waals surface area contributed by atoms with Gasteiger partial charge in [0.1, 0.15) is 5.60 Å². The maximum atomic E-state index is 12.7. The molecule has 2 atom stereocenters. The van der Waals surface area contributed by atoms with Crippen molar-refractivity contribution in [3.63, 3.8) is 0 Å². The zero-order chi connectivity index (χ0) is 25.3. The van der Waals surface area contributed by atoms with Crippen molar-refractivity contribution >= 4 is 20.4 Å². The minimum atomic E-state index is -2.17. The smallest absolute Gasteiger partial charge is 0.407 e. The number of nitrogens with one attached hydrogen (secondary N) is 1. The molecule has 33 heavy (non-hydrogen) atoms. The van der Waals surface area contributed by atoms with Gasteiger partial charge in [-0.3, -0.25) is 4.79 Å². The number of benzene rings is 1. The van der Waals surface area contributed by atoms with E-state index in [0.717, 1.165) is 5.56 Å². The van der Waals surface area contributed by atoms with Crippen LogP contribution in [0.1, 0.15) is 66.4 Å². The van der Waals surface area contributed by atoms with Gasteiger partial charge >= 0.3 is 12.1 Å². The summed E-state index contributed by atoms with van der Waals surface area (Å²) in [6.45, 7) is 16.4. The Kier molecular flexibility index (Phi) is 10.8. The maximum Gasteiger partial charge on any atom is 0.407 e. The molecule has 7 heteroatoms. The quantitative estimate of drug-likeness (QED) is 0.221. The summed E-state index contributed by atoms with van der Waals surface area (Å²) in [5.74, 6) is -0.800. The number of amides is 1. The van der Waals surface area contributed by atoms with Crippen LogP contribution in [0.25, 0.3) is 0 Å². The van der Waals surface area contributed by atoms with Gasteiger partial charge in [-0.1, -0.05) is 63.3 Å². The van der Waals surface area contributed by atoms with Gasteiger partial charge in [-0.15, -0.1) is 0 Å². The van der Waals surface area contributed by atoms with E-state index in [1.54, 1.807) is 0 Å². The fraction of sp³-hybridized carbons (Fsp3) is 0.615. The second kappa shape index (κ2) is 12.4. The predicted molar refractivity (Wildman–Crippen MR) is 136 cm³/mol. The predicted octanol–water partition coefficient (Wildman–Crippen LogP) is 6.32. The van der Waals surface area contributed by atoms with Crippen molar-refractivity contribution in [2.75, 3.05) is 0 Å². The number of carboxylic acids is 1. The molecular weight excluding hydrogens is 434 g/mol. The first-order chi connectivity index (χ1) is 15.1. The number of ether oxygens (including phenoxy) is 1. The summed E-state index contributed by atoms with van der Waals surface area (Å²) >= 11 is 0. The Labute approximate surface area is 200 Å². The third-order valence-corrected chi connectivity index (χ3v) is 10.2. The van der Waals surface area contributed by atoms with Crippen LogP contribution in [-0.4, -0.2) is 43.2 Å². The maximum absolute atomic E-state index is 12.7. The third kappa shape index (κ3) is 11.5.